The average Bonchev–Trinajstić information content (AvgIpc) is 3.35. The Labute approximate surface area is 425 Å². The van der Waals surface area contributed by atoms with E-state index < -0.39 is 57.8 Å². The van der Waals surface area contributed by atoms with Gasteiger partial charge in [-0.3, -0.25) is 23.4 Å². The van der Waals surface area contributed by atoms with Gasteiger partial charge in [0.05, 0.1) is 26.2 Å². The van der Waals surface area contributed by atoms with E-state index in [2.05, 4.69) is 93.7 Å². The van der Waals surface area contributed by atoms with E-state index in [1.807, 2.05) is 18.2 Å². The molecule has 0 fully saturated rings. The number of aliphatic hydroxyl groups is 1. The molecule has 0 amide bonds. The lowest BCUT2D eigenvalue weighted by molar-refractivity contribution is -0.160. The molecule has 0 rings (SSSR count). The summed E-state index contributed by atoms with van der Waals surface area (Å²) in [5, 5.41) is 9.79. The fourth-order valence-electron chi connectivity index (χ4n) is 6.87. The van der Waals surface area contributed by atoms with Gasteiger partial charge in [0, 0.05) is 12.8 Å². The van der Waals surface area contributed by atoms with Crippen LogP contribution in [0.3, 0.4) is 0 Å². The largest absolute Gasteiger partial charge is 0.472 e. The van der Waals surface area contributed by atoms with E-state index in [1.165, 1.54) is 38.5 Å². The third kappa shape index (κ3) is 49.4. The zero-order valence-corrected chi connectivity index (χ0v) is 44.8. The highest BCUT2D eigenvalue weighted by Gasteiger charge is 2.28. The first-order valence-electron chi connectivity index (χ1n) is 27.1. The number of ether oxygens (including phenoxy) is 3. The summed E-state index contributed by atoms with van der Waals surface area (Å²) in [5.41, 5.74) is 0. The quantitative estimate of drug-likeness (QED) is 0.0197. The molecule has 0 bridgehead atoms. The fraction of sp³-hybridized carbons (Fsp3) is 0.672. The number of carbonyl (C=O) groups excluding carboxylic acids is 3. The lowest BCUT2D eigenvalue weighted by atomic mass is 10.1. The van der Waals surface area contributed by atoms with E-state index in [9.17, 15) is 28.9 Å². The van der Waals surface area contributed by atoms with Gasteiger partial charge in [-0.25, -0.2) is 4.57 Å². The highest BCUT2D eigenvalue weighted by molar-refractivity contribution is 7.47. The molecule has 400 valence electrons. The van der Waals surface area contributed by atoms with Crippen molar-refractivity contribution in [2.45, 2.75) is 226 Å². The maximum atomic E-state index is 12.9. The van der Waals surface area contributed by atoms with Gasteiger partial charge in [-0.2, -0.15) is 0 Å². The average molecular weight is 1000 g/mol. The minimum atomic E-state index is -4.78. The number of aliphatic hydroxyl groups excluding tert-OH is 1. The number of hydrogen-bond acceptors (Lipinski definition) is 10. The zero-order valence-electron chi connectivity index (χ0n) is 43.9. The Balaban J connectivity index is 4.85. The molecule has 11 nitrogen and oxygen atoms in total. The summed E-state index contributed by atoms with van der Waals surface area (Å²) in [6.07, 6.45) is 59.7. The molecule has 0 radical (unpaired) electrons. The van der Waals surface area contributed by atoms with E-state index >= 15 is 0 Å². The molecule has 70 heavy (non-hydrogen) atoms. The van der Waals surface area contributed by atoms with Crippen molar-refractivity contribution in [3.05, 3.63) is 97.2 Å². The Morgan fingerprint density at radius 2 is 0.829 bits per heavy atom. The molecule has 0 saturated heterocycles. The minimum absolute atomic E-state index is 0.0718. The molecule has 12 heteroatoms. The summed E-state index contributed by atoms with van der Waals surface area (Å²) in [4.78, 5) is 48.3. The van der Waals surface area contributed by atoms with Crippen LogP contribution in [0.2, 0.25) is 0 Å². The topological polar surface area (TPSA) is 155 Å². The van der Waals surface area contributed by atoms with Gasteiger partial charge in [0.1, 0.15) is 12.7 Å². The molecule has 2 N–H and O–H groups in total. The lowest BCUT2D eigenvalue weighted by Gasteiger charge is -2.21. The minimum Gasteiger partial charge on any atom is -0.462 e. The van der Waals surface area contributed by atoms with Gasteiger partial charge >= 0.3 is 25.7 Å². The number of rotatable bonds is 49. The summed E-state index contributed by atoms with van der Waals surface area (Å²) < 4.78 is 39.3. The lowest BCUT2D eigenvalue weighted by Crippen LogP contribution is -2.30. The van der Waals surface area contributed by atoms with Crippen LogP contribution in [0.25, 0.3) is 0 Å². The van der Waals surface area contributed by atoms with Crippen LogP contribution in [0, 0.1) is 0 Å². The highest BCUT2D eigenvalue weighted by atomic mass is 31.2. The van der Waals surface area contributed by atoms with Gasteiger partial charge in [0.2, 0.25) is 0 Å². The third-order valence-corrected chi connectivity index (χ3v) is 11.9. The second-order valence-electron chi connectivity index (χ2n) is 17.7. The maximum Gasteiger partial charge on any atom is 0.472 e. The monoisotopic (exact) mass is 1000 g/mol. The molecule has 0 spiro atoms. The Morgan fingerprint density at radius 1 is 0.429 bits per heavy atom. The van der Waals surface area contributed by atoms with Crippen molar-refractivity contribution in [3.8, 4) is 0 Å². The van der Waals surface area contributed by atoms with Crippen molar-refractivity contribution in [1.29, 1.82) is 0 Å². The molecule has 0 aromatic heterocycles. The van der Waals surface area contributed by atoms with Crippen LogP contribution >= 0.6 is 7.82 Å². The summed E-state index contributed by atoms with van der Waals surface area (Å²) >= 11 is 0. The van der Waals surface area contributed by atoms with Crippen LogP contribution in [-0.2, 0) is 42.2 Å². The number of esters is 3. The molecular formula is C58H97O11P. The van der Waals surface area contributed by atoms with Crippen molar-refractivity contribution in [2.24, 2.45) is 0 Å². The Kier molecular flexibility index (Phi) is 49.1. The van der Waals surface area contributed by atoms with Crippen LogP contribution in [0.4, 0.5) is 0 Å². The standard InChI is InChI=1S/C58H97O11P/c1-4-7-10-13-16-19-22-25-27-30-33-36-39-42-45-48-57(61)68-54(50-59)52-66-70(63,64)67-53-55(51-65-56(60)47-44-41-38-35-32-29-24-21-18-15-12-9-6-3)69-58(62)49-46-43-40-37-34-31-28-26-23-20-17-14-11-8-5-2/h8,11-12,15,17,20-21,24-28,34,37,43,46,54-55,59H,4-7,9-10,13-14,16,18-19,22-23,29-33,35-36,38-42,44-45,47-53H2,1-3H3,(H,63,64)/b11-8-,15-12-,20-17-,24-21-,27-25-,28-26-,37-34-,46-43-. The highest BCUT2D eigenvalue weighted by Crippen LogP contribution is 2.43. The van der Waals surface area contributed by atoms with E-state index in [0.29, 0.717) is 19.3 Å². The van der Waals surface area contributed by atoms with E-state index in [0.717, 1.165) is 116 Å². The molecule has 0 aliphatic heterocycles. The predicted octanol–water partition coefficient (Wildman–Crippen LogP) is 15.7. The molecule has 3 atom stereocenters. The zero-order chi connectivity index (χ0) is 51.3. The van der Waals surface area contributed by atoms with Crippen molar-refractivity contribution >= 4 is 25.7 Å². The number of phosphoric acid groups is 1. The van der Waals surface area contributed by atoms with Crippen molar-refractivity contribution in [2.75, 3.05) is 26.4 Å². The SMILES string of the molecule is CC/C=C\C/C=C\C/C=C\C/C=C\C/C=C\CC(=O)OC(COC(=O)CCCCCCC/C=C\C/C=C\CCC)COP(=O)(O)OCC(CO)OC(=O)CCCCCCC/C=C\CCCCCCCC. The molecule has 0 aliphatic rings. The first-order valence-corrected chi connectivity index (χ1v) is 28.6. The van der Waals surface area contributed by atoms with Gasteiger partial charge in [-0.15, -0.1) is 0 Å². The number of unbranched alkanes of at least 4 members (excludes halogenated alkanes) is 17. The molecule has 0 aromatic carbocycles. The van der Waals surface area contributed by atoms with E-state index in [1.54, 1.807) is 6.08 Å². The smallest absolute Gasteiger partial charge is 0.462 e. The van der Waals surface area contributed by atoms with Crippen LogP contribution in [0.5, 0.6) is 0 Å². The molecule has 3 unspecified atom stereocenters. The number of allylic oxidation sites excluding steroid dienone is 15. The van der Waals surface area contributed by atoms with Crippen molar-refractivity contribution in [3.63, 3.8) is 0 Å². The van der Waals surface area contributed by atoms with Crippen LogP contribution in [0.15, 0.2) is 97.2 Å². The van der Waals surface area contributed by atoms with Crippen molar-refractivity contribution in [1.82, 2.24) is 0 Å². The number of phosphoric ester groups is 1. The second-order valence-corrected chi connectivity index (χ2v) is 19.1. The van der Waals surface area contributed by atoms with Gasteiger partial charge < -0.3 is 24.2 Å². The van der Waals surface area contributed by atoms with Crippen LogP contribution < -0.4 is 0 Å². The molecule has 0 saturated carbocycles. The Morgan fingerprint density at radius 3 is 1.33 bits per heavy atom. The fourth-order valence-corrected chi connectivity index (χ4v) is 7.66. The van der Waals surface area contributed by atoms with E-state index in [4.69, 9.17) is 23.3 Å². The number of hydrogen-bond donors (Lipinski definition) is 2. The molecule has 0 heterocycles. The van der Waals surface area contributed by atoms with Crippen LogP contribution in [0.1, 0.15) is 213 Å². The van der Waals surface area contributed by atoms with Gasteiger partial charge in [-0.1, -0.05) is 195 Å². The van der Waals surface area contributed by atoms with Gasteiger partial charge in [-0.05, 0) is 96.3 Å². The Bertz CT molecular complexity index is 1540. The van der Waals surface area contributed by atoms with Gasteiger partial charge in [0.15, 0.2) is 6.10 Å². The molecular weight excluding hydrogens is 904 g/mol. The predicted molar refractivity (Wildman–Crippen MR) is 288 cm³/mol. The van der Waals surface area contributed by atoms with Gasteiger partial charge in [0.25, 0.3) is 0 Å². The molecule has 0 aromatic rings. The maximum absolute atomic E-state index is 12.9. The summed E-state index contributed by atoms with van der Waals surface area (Å²) in [7, 11) is -4.78. The third-order valence-electron chi connectivity index (χ3n) is 11.0. The first-order chi connectivity index (χ1) is 34.2. The summed E-state index contributed by atoms with van der Waals surface area (Å²) in [6.45, 7) is 4.31. The molecule has 0 aliphatic carbocycles. The van der Waals surface area contributed by atoms with Crippen molar-refractivity contribution < 1.29 is 52.2 Å². The van der Waals surface area contributed by atoms with Crippen LogP contribution in [-0.4, -0.2) is 66.5 Å². The Hall–Kier alpha value is -3.60. The normalized spacial score (nSPS) is 14.2. The van der Waals surface area contributed by atoms with E-state index in [-0.39, 0.29) is 25.9 Å². The first kappa shape index (κ1) is 66.4. The second kappa shape index (κ2) is 51.7. The summed E-state index contributed by atoms with van der Waals surface area (Å²) in [5.74, 6) is -1.65. The summed E-state index contributed by atoms with van der Waals surface area (Å²) in [6, 6.07) is 0. The number of carbonyl (C=O) groups is 3.